The van der Waals surface area contributed by atoms with E-state index >= 15 is 0 Å². The van der Waals surface area contributed by atoms with E-state index in [0.717, 1.165) is 25.8 Å². The Bertz CT molecular complexity index is 657. The number of carbonyl (C=O) groups excluding carboxylic acids is 1. The lowest BCUT2D eigenvalue weighted by molar-refractivity contribution is 0.0701. The van der Waals surface area contributed by atoms with Crippen LogP contribution in [0.3, 0.4) is 0 Å². The van der Waals surface area contributed by atoms with Gasteiger partial charge < -0.3 is 13.9 Å². The number of hydrogen-bond donors (Lipinski definition) is 0. The molecule has 7 nitrogen and oxygen atoms in total. The van der Waals surface area contributed by atoms with E-state index in [2.05, 4.69) is 15.3 Å². The van der Waals surface area contributed by atoms with Crippen LogP contribution in [0, 0.1) is 13.8 Å². The van der Waals surface area contributed by atoms with Crippen LogP contribution in [0.25, 0.3) is 0 Å². The van der Waals surface area contributed by atoms with Crippen LogP contribution in [-0.2, 0) is 6.42 Å². The summed E-state index contributed by atoms with van der Waals surface area (Å²) in [4.78, 5) is 18.9. The number of carbonyl (C=O) groups is 1. The maximum absolute atomic E-state index is 12.7. The lowest BCUT2D eigenvalue weighted by Gasteiger charge is -2.31. The van der Waals surface area contributed by atoms with Crippen molar-refractivity contribution in [3.8, 4) is 0 Å². The zero-order chi connectivity index (χ0) is 15.7. The molecule has 0 saturated carbocycles. The van der Waals surface area contributed by atoms with E-state index in [1.54, 1.807) is 13.8 Å². The maximum atomic E-state index is 12.7. The van der Waals surface area contributed by atoms with Gasteiger partial charge in [0.2, 0.25) is 5.89 Å². The van der Waals surface area contributed by atoms with E-state index in [9.17, 15) is 4.79 Å². The number of nitrogens with zero attached hydrogens (tertiary/aromatic N) is 4. The third kappa shape index (κ3) is 2.63. The summed E-state index contributed by atoms with van der Waals surface area (Å²) >= 11 is 0. The molecule has 1 atom stereocenters. The van der Waals surface area contributed by atoms with Gasteiger partial charge in [-0.25, -0.2) is 0 Å². The average molecular weight is 304 g/mol. The molecule has 2 aromatic rings. The van der Waals surface area contributed by atoms with Gasteiger partial charge in [0, 0.05) is 25.4 Å². The summed E-state index contributed by atoms with van der Waals surface area (Å²) in [6, 6.07) is 0. The van der Waals surface area contributed by atoms with E-state index in [4.69, 9.17) is 9.05 Å². The fraction of sp³-hybridized carbons (Fsp3) is 0.600. The molecule has 0 spiro atoms. The Morgan fingerprint density at radius 2 is 2.14 bits per heavy atom. The van der Waals surface area contributed by atoms with Gasteiger partial charge >= 0.3 is 0 Å². The third-order valence-electron chi connectivity index (χ3n) is 4.11. The van der Waals surface area contributed by atoms with Crippen molar-refractivity contribution in [1.29, 1.82) is 0 Å². The van der Waals surface area contributed by atoms with Crippen molar-refractivity contribution in [1.82, 2.24) is 20.2 Å². The van der Waals surface area contributed by atoms with Crippen molar-refractivity contribution >= 4 is 5.91 Å². The van der Waals surface area contributed by atoms with E-state index in [0.29, 0.717) is 35.3 Å². The summed E-state index contributed by atoms with van der Waals surface area (Å²) in [6.07, 6.45) is 2.62. The number of piperidine rings is 1. The Morgan fingerprint density at radius 3 is 2.77 bits per heavy atom. The Kier molecular flexibility index (Phi) is 3.96. The smallest absolute Gasteiger partial charge is 0.259 e. The quantitative estimate of drug-likeness (QED) is 0.864. The number of aromatic nitrogens is 3. The second-order valence-electron chi connectivity index (χ2n) is 5.69. The van der Waals surface area contributed by atoms with E-state index < -0.39 is 0 Å². The molecule has 0 bridgehead atoms. The molecule has 22 heavy (non-hydrogen) atoms. The first-order valence-corrected chi connectivity index (χ1v) is 7.64. The fourth-order valence-corrected chi connectivity index (χ4v) is 2.90. The van der Waals surface area contributed by atoms with E-state index in [1.807, 2.05) is 11.8 Å². The molecule has 0 unspecified atom stereocenters. The zero-order valence-corrected chi connectivity index (χ0v) is 13.1. The topological polar surface area (TPSA) is 85.3 Å². The molecule has 1 saturated heterocycles. The SMILES string of the molecule is CCc1nc([C@@H]2CCCN(C(=O)c3c(C)noc3C)C2)no1. The molecular weight excluding hydrogens is 284 g/mol. The molecule has 1 amide bonds. The van der Waals surface area contributed by atoms with Crippen LogP contribution in [0.15, 0.2) is 9.05 Å². The molecule has 0 radical (unpaired) electrons. The van der Waals surface area contributed by atoms with Gasteiger partial charge in [-0.1, -0.05) is 17.2 Å². The molecular formula is C15H20N4O3. The summed E-state index contributed by atoms with van der Waals surface area (Å²) in [6.45, 7) is 6.87. The van der Waals surface area contributed by atoms with E-state index in [-0.39, 0.29) is 11.8 Å². The molecule has 0 N–H and O–H groups in total. The van der Waals surface area contributed by atoms with Gasteiger partial charge in [0.25, 0.3) is 5.91 Å². The predicted molar refractivity (Wildman–Crippen MR) is 77.5 cm³/mol. The minimum atomic E-state index is -0.0276. The Balaban J connectivity index is 1.77. The van der Waals surface area contributed by atoms with Crippen molar-refractivity contribution in [3.63, 3.8) is 0 Å². The average Bonchev–Trinajstić information content (AvgIpc) is 3.14. The summed E-state index contributed by atoms with van der Waals surface area (Å²) in [5, 5.41) is 7.91. The third-order valence-corrected chi connectivity index (χ3v) is 4.11. The first kappa shape index (κ1) is 14.7. The van der Waals surface area contributed by atoms with Gasteiger partial charge in [-0.3, -0.25) is 4.79 Å². The van der Waals surface area contributed by atoms with Crippen LogP contribution >= 0.6 is 0 Å². The second-order valence-corrected chi connectivity index (χ2v) is 5.69. The largest absolute Gasteiger partial charge is 0.361 e. The van der Waals surface area contributed by atoms with Crippen LogP contribution in [0.1, 0.15) is 59.2 Å². The molecule has 7 heteroatoms. The summed E-state index contributed by atoms with van der Waals surface area (Å²) in [5.41, 5.74) is 1.21. The van der Waals surface area contributed by atoms with E-state index in [1.165, 1.54) is 0 Å². The summed E-state index contributed by atoms with van der Waals surface area (Å²) in [5.74, 6) is 2.01. The number of aryl methyl sites for hydroxylation is 3. The molecule has 118 valence electrons. The van der Waals surface area contributed by atoms with Gasteiger partial charge in [0.15, 0.2) is 5.82 Å². The minimum Gasteiger partial charge on any atom is -0.361 e. The van der Waals surface area contributed by atoms with Crippen LogP contribution in [0.5, 0.6) is 0 Å². The van der Waals surface area contributed by atoms with Crippen LogP contribution < -0.4 is 0 Å². The lowest BCUT2D eigenvalue weighted by atomic mass is 9.96. The number of rotatable bonds is 3. The van der Waals surface area contributed by atoms with Crippen LogP contribution in [-0.4, -0.2) is 39.2 Å². The monoisotopic (exact) mass is 304 g/mol. The van der Waals surface area contributed by atoms with Gasteiger partial charge in [-0.2, -0.15) is 4.98 Å². The predicted octanol–water partition coefficient (Wildman–Crippen LogP) is 2.26. The van der Waals surface area contributed by atoms with Crippen LogP contribution in [0.4, 0.5) is 0 Å². The lowest BCUT2D eigenvalue weighted by Crippen LogP contribution is -2.39. The molecule has 1 aliphatic heterocycles. The summed E-state index contributed by atoms with van der Waals surface area (Å²) < 4.78 is 10.3. The van der Waals surface area contributed by atoms with Crippen molar-refractivity contribution < 1.29 is 13.8 Å². The van der Waals surface area contributed by atoms with Crippen molar-refractivity contribution in [2.45, 2.75) is 46.0 Å². The number of amides is 1. The van der Waals surface area contributed by atoms with Crippen molar-refractivity contribution in [2.75, 3.05) is 13.1 Å². The fourth-order valence-electron chi connectivity index (χ4n) is 2.90. The van der Waals surface area contributed by atoms with Crippen molar-refractivity contribution in [3.05, 3.63) is 28.7 Å². The molecule has 0 aliphatic carbocycles. The molecule has 1 fully saturated rings. The molecule has 0 aromatic carbocycles. The highest BCUT2D eigenvalue weighted by Gasteiger charge is 2.30. The molecule has 3 rings (SSSR count). The summed E-state index contributed by atoms with van der Waals surface area (Å²) in [7, 11) is 0. The highest BCUT2D eigenvalue weighted by molar-refractivity contribution is 5.96. The van der Waals surface area contributed by atoms with Gasteiger partial charge in [-0.15, -0.1) is 0 Å². The minimum absolute atomic E-state index is 0.0276. The molecule has 3 heterocycles. The standard InChI is InChI=1S/C15H20N4O3/c1-4-12-16-14(18-22-12)11-6-5-7-19(8-11)15(20)13-9(2)17-21-10(13)3/h11H,4-8H2,1-3H3/t11-/m1/s1. The molecule has 1 aliphatic rings. The van der Waals surface area contributed by atoms with Gasteiger partial charge in [-0.05, 0) is 26.7 Å². The Labute approximate surface area is 128 Å². The van der Waals surface area contributed by atoms with Crippen LogP contribution in [0.2, 0.25) is 0 Å². The number of hydrogen-bond acceptors (Lipinski definition) is 6. The van der Waals surface area contributed by atoms with Gasteiger partial charge in [0.1, 0.15) is 11.3 Å². The first-order chi connectivity index (χ1) is 10.6. The van der Waals surface area contributed by atoms with Gasteiger partial charge in [0.05, 0.1) is 5.69 Å². The zero-order valence-electron chi connectivity index (χ0n) is 13.1. The Hall–Kier alpha value is -2.18. The second kappa shape index (κ2) is 5.90. The maximum Gasteiger partial charge on any atom is 0.259 e. The number of likely N-dealkylation sites (tertiary alicyclic amines) is 1. The highest BCUT2D eigenvalue weighted by atomic mass is 16.5. The first-order valence-electron chi connectivity index (χ1n) is 7.64. The highest BCUT2D eigenvalue weighted by Crippen LogP contribution is 2.27. The Morgan fingerprint density at radius 1 is 1.32 bits per heavy atom. The van der Waals surface area contributed by atoms with Crippen molar-refractivity contribution in [2.24, 2.45) is 0 Å². The molecule has 2 aromatic heterocycles. The normalized spacial score (nSPS) is 18.7.